The third kappa shape index (κ3) is 6.16. The first kappa shape index (κ1) is 16.7. The van der Waals surface area contributed by atoms with E-state index in [4.69, 9.17) is 5.11 Å². The number of nitrogens with one attached hydrogen (secondary N) is 1. The number of hydrogen-bond acceptors (Lipinski definition) is 4. The number of carboxylic acids is 2. The van der Waals surface area contributed by atoms with E-state index in [9.17, 15) is 14.7 Å². The number of thiophene rings is 1. The van der Waals surface area contributed by atoms with Crippen molar-refractivity contribution in [2.24, 2.45) is 5.92 Å². The van der Waals surface area contributed by atoms with Gasteiger partial charge in [-0.1, -0.05) is 13.8 Å². The lowest BCUT2D eigenvalue weighted by Gasteiger charge is -2.23. The zero-order valence-electron chi connectivity index (χ0n) is 11.7. The lowest BCUT2D eigenvalue weighted by molar-refractivity contribution is -0.142. The van der Waals surface area contributed by atoms with Gasteiger partial charge in [-0.05, 0) is 41.1 Å². The van der Waals surface area contributed by atoms with Crippen molar-refractivity contribution >= 4 is 23.3 Å². The van der Waals surface area contributed by atoms with Gasteiger partial charge in [-0.3, -0.25) is 9.59 Å². The van der Waals surface area contributed by atoms with Crippen LogP contribution >= 0.6 is 11.3 Å². The molecule has 0 aliphatic heterocycles. The van der Waals surface area contributed by atoms with Crippen LogP contribution in [0.3, 0.4) is 0 Å². The third-order valence-corrected chi connectivity index (χ3v) is 3.66. The number of rotatable bonds is 9. The molecule has 1 rings (SSSR count). The quantitative estimate of drug-likeness (QED) is 0.651. The minimum atomic E-state index is -0.931. The summed E-state index contributed by atoms with van der Waals surface area (Å²) in [7, 11) is 0. The van der Waals surface area contributed by atoms with Gasteiger partial charge in [0, 0.05) is 6.04 Å². The van der Waals surface area contributed by atoms with Gasteiger partial charge in [-0.25, -0.2) is 0 Å². The van der Waals surface area contributed by atoms with E-state index in [0.717, 1.165) is 5.56 Å². The van der Waals surface area contributed by atoms with E-state index in [0.29, 0.717) is 12.8 Å². The lowest BCUT2D eigenvalue weighted by Crippen LogP contribution is -2.45. The standard InChI is InChI=1S/C14H21NO4S/c1-9(2)5-12(14(18)19)15-11(7-13(16)17)6-10-3-4-20-8-10/h3-4,8-9,11-12,15H,5-7H2,1-2H3,(H,16,17)(H,18,19)/t11-,12?/m0/s1. The summed E-state index contributed by atoms with van der Waals surface area (Å²) in [5, 5.41) is 25.0. The number of aliphatic carboxylic acids is 2. The van der Waals surface area contributed by atoms with Crippen LogP contribution in [0.5, 0.6) is 0 Å². The molecular formula is C14H21NO4S. The molecule has 6 heteroatoms. The lowest BCUT2D eigenvalue weighted by atomic mass is 10.00. The van der Waals surface area contributed by atoms with E-state index in [1.54, 1.807) is 11.3 Å². The van der Waals surface area contributed by atoms with Crippen LogP contribution in [-0.4, -0.2) is 34.2 Å². The van der Waals surface area contributed by atoms with Crippen LogP contribution in [0, 0.1) is 5.92 Å². The highest BCUT2D eigenvalue weighted by Crippen LogP contribution is 2.13. The van der Waals surface area contributed by atoms with Crippen molar-refractivity contribution < 1.29 is 19.8 Å². The molecule has 1 aromatic heterocycles. The van der Waals surface area contributed by atoms with Gasteiger partial charge in [0.05, 0.1) is 6.42 Å². The van der Waals surface area contributed by atoms with E-state index in [1.807, 2.05) is 30.7 Å². The van der Waals surface area contributed by atoms with Gasteiger partial charge < -0.3 is 15.5 Å². The van der Waals surface area contributed by atoms with Gasteiger partial charge in [0.1, 0.15) is 6.04 Å². The molecule has 0 saturated carbocycles. The Morgan fingerprint density at radius 2 is 2.05 bits per heavy atom. The number of carbonyl (C=O) groups is 2. The first-order chi connectivity index (χ1) is 9.38. The van der Waals surface area contributed by atoms with Crippen molar-refractivity contribution in [3.8, 4) is 0 Å². The first-order valence-electron chi connectivity index (χ1n) is 6.60. The summed E-state index contributed by atoms with van der Waals surface area (Å²) in [6.07, 6.45) is 0.921. The zero-order chi connectivity index (χ0) is 15.1. The van der Waals surface area contributed by atoms with Crippen molar-refractivity contribution in [3.05, 3.63) is 22.4 Å². The molecule has 5 nitrogen and oxygen atoms in total. The first-order valence-corrected chi connectivity index (χ1v) is 7.54. The fourth-order valence-corrected chi connectivity index (χ4v) is 2.77. The Labute approximate surface area is 122 Å². The highest BCUT2D eigenvalue weighted by Gasteiger charge is 2.24. The molecule has 0 aliphatic carbocycles. The van der Waals surface area contributed by atoms with Gasteiger partial charge in [0.25, 0.3) is 0 Å². The van der Waals surface area contributed by atoms with E-state index in [-0.39, 0.29) is 18.4 Å². The molecule has 0 amide bonds. The summed E-state index contributed by atoms with van der Waals surface area (Å²) in [5.74, 6) is -1.62. The van der Waals surface area contributed by atoms with E-state index >= 15 is 0 Å². The summed E-state index contributed by atoms with van der Waals surface area (Å²) in [6.45, 7) is 3.89. The molecule has 0 bridgehead atoms. The second-order valence-corrected chi connectivity index (χ2v) is 6.10. The summed E-state index contributed by atoms with van der Waals surface area (Å²) >= 11 is 1.54. The molecule has 0 saturated heterocycles. The third-order valence-electron chi connectivity index (χ3n) is 2.93. The van der Waals surface area contributed by atoms with Crippen LogP contribution in [0.1, 0.15) is 32.3 Å². The van der Waals surface area contributed by atoms with Gasteiger partial charge in [0.2, 0.25) is 0 Å². The van der Waals surface area contributed by atoms with Gasteiger partial charge in [-0.15, -0.1) is 0 Å². The second-order valence-electron chi connectivity index (χ2n) is 5.32. The van der Waals surface area contributed by atoms with Gasteiger partial charge in [0.15, 0.2) is 0 Å². The Balaban J connectivity index is 2.70. The average molecular weight is 299 g/mol. The molecular weight excluding hydrogens is 278 g/mol. The maximum atomic E-state index is 11.3. The second kappa shape index (κ2) is 8.01. The molecule has 1 heterocycles. The molecule has 20 heavy (non-hydrogen) atoms. The monoisotopic (exact) mass is 299 g/mol. The highest BCUT2D eigenvalue weighted by molar-refractivity contribution is 7.07. The molecule has 0 aromatic carbocycles. The summed E-state index contributed by atoms with van der Waals surface area (Å²) in [4.78, 5) is 22.2. The molecule has 1 unspecified atom stereocenters. The van der Waals surface area contributed by atoms with Crippen molar-refractivity contribution in [3.63, 3.8) is 0 Å². The van der Waals surface area contributed by atoms with Crippen molar-refractivity contribution in [1.29, 1.82) is 0 Å². The number of hydrogen-bond donors (Lipinski definition) is 3. The van der Waals surface area contributed by atoms with E-state index < -0.39 is 18.0 Å². The van der Waals surface area contributed by atoms with Crippen LogP contribution in [0.2, 0.25) is 0 Å². The van der Waals surface area contributed by atoms with Crippen molar-refractivity contribution in [2.75, 3.05) is 0 Å². The average Bonchev–Trinajstić information content (AvgIpc) is 2.79. The molecule has 3 N–H and O–H groups in total. The highest BCUT2D eigenvalue weighted by atomic mass is 32.1. The predicted molar refractivity (Wildman–Crippen MR) is 78.1 cm³/mol. The Kier molecular flexibility index (Phi) is 6.67. The Morgan fingerprint density at radius 3 is 2.50 bits per heavy atom. The Morgan fingerprint density at radius 1 is 1.35 bits per heavy atom. The fourth-order valence-electron chi connectivity index (χ4n) is 2.09. The van der Waals surface area contributed by atoms with Crippen molar-refractivity contribution in [1.82, 2.24) is 5.32 Å². The molecule has 0 fully saturated rings. The van der Waals surface area contributed by atoms with E-state index in [1.165, 1.54) is 0 Å². The maximum Gasteiger partial charge on any atom is 0.320 e. The van der Waals surface area contributed by atoms with Gasteiger partial charge in [-0.2, -0.15) is 11.3 Å². The van der Waals surface area contributed by atoms with Crippen LogP contribution in [0.15, 0.2) is 16.8 Å². The zero-order valence-corrected chi connectivity index (χ0v) is 12.5. The maximum absolute atomic E-state index is 11.3. The predicted octanol–water partition coefficient (Wildman–Crippen LogP) is 2.22. The van der Waals surface area contributed by atoms with Crippen LogP contribution in [-0.2, 0) is 16.0 Å². The molecule has 2 atom stereocenters. The summed E-state index contributed by atoms with van der Waals surface area (Å²) in [5.41, 5.74) is 1.03. The SMILES string of the molecule is CC(C)CC(N[C@H](CC(=O)O)Cc1ccsc1)C(=O)O. The fraction of sp³-hybridized carbons (Fsp3) is 0.571. The topological polar surface area (TPSA) is 86.6 Å². The Hall–Kier alpha value is -1.40. The van der Waals surface area contributed by atoms with Crippen molar-refractivity contribution in [2.45, 2.75) is 45.2 Å². The van der Waals surface area contributed by atoms with Gasteiger partial charge >= 0.3 is 11.9 Å². The molecule has 0 radical (unpaired) electrons. The van der Waals surface area contributed by atoms with Crippen LogP contribution < -0.4 is 5.32 Å². The molecule has 0 aliphatic rings. The molecule has 112 valence electrons. The van der Waals surface area contributed by atoms with Crippen LogP contribution in [0.4, 0.5) is 0 Å². The smallest absolute Gasteiger partial charge is 0.320 e. The van der Waals surface area contributed by atoms with E-state index in [2.05, 4.69) is 5.32 Å². The molecule has 0 spiro atoms. The largest absolute Gasteiger partial charge is 0.481 e. The molecule has 1 aromatic rings. The Bertz CT molecular complexity index is 430. The minimum absolute atomic E-state index is 0.0856. The number of carboxylic acid groups (broad SMARTS) is 2. The minimum Gasteiger partial charge on any atom is -0.481 e. The summed E-state index contributed by atoms with van der Waals surface area (Å²) in [6, 6.07) is 0.847. The summed E-state index contributed by atoms with van der Waals surface area (Å²) < 4.78 is 0. The van der Waals surface area contributed by atoms with Crippen LogP contribution in [0.25, 0.3) is 0 Å². The normalized spacial score (nSPS) is 14.2.